The highest BCUT2D eigenvalue weighted by atomic mass is 32.1. The van der Waals surface area contributed by atoms with E-state index < -0.39 is 0 Å². The van der Waals surface area contributed by atoms with E-state index >= 15 is 0 Å². The molecule has 1 aliphatic rings. The molecule has 0 aliphatic heterocycles. The highest BCUT2D eigenvalue weighted by Crippen LogP contribution is 2.36. The standard InChI is InChI=1S/C10H17N3OS/c1-14-10(7-2-3-7)9(13-11)4-8-5-12-6-15-8/h5-7,9-10,13H,2-4,11H2,1H3. The van der Waals surface area contributed by atoms with E-state index in [4.69, 9.17) is 10.6 Å². The maximum absolute atomic E-state index is 5.59. The van der Waals surface area contributed by atoms with Crippen LogP contribution in [0.2, 0.25) is 0 Å². The average Bonchev–Trinajstić information content (AvgIpc) is 2.95. The van der Waals surface area contributed by atoms with Gasteiger partial charge in [0.2, 0.25) is 0 Å². The van der Waals surface area contributed by atoms with E-state index in [-0.39, 0.29) is 12.1 Å². The van der Waals surface area contributed by atoms with Crippen molar-refractivity contribution in [2.45, 2.75) is 31.4 Å². The summed E-state index contributed by atoms with van der Waals surface area (Å²) in [6.45, 7) is 0. The van der Waals surface area contributed by atoms with Crippen LogP contribution in [0.15, 0.2) is 11.7 Å². The number of hydrazine groups is 1. The zero-order valence-electron chi connectivity index (χ0n) is 8.85. The molecular weight excluding hydrogens is 210 g/mol. The molecule has 2 rings (SSSR count). The molecule has 1 aromatic heterocycles. The van der Waals surface area contributed by atoms with Crippen LogP contribution in [-0.4, -0.2) is 24.2 Å². The van der Waals surface area contributed by atoms with Crippen LogP contribution in [-0.2, 0) is 11.2 Å². The number of methoxy groups -OCH3 is 1. The third kappa shape index (κ3) is 2.75. The van der Waals surface area contributed by atoms with Gasteiger partial charge in [0, 0.05) is 24.6 Å². The molecular formula is C10H17N3OS. The van der Waals surface area contributed by atoms with Gasteiger partial charge in [0.25, 0.3) is 0 Å². The van der Waals surface area contributed by atoms with E-state index in [2.05, 4.69) is 10.4 Å². The molecule has 0 saturated heterocycles. The second-order valence-electron chi connectivity index (χ2n) is 3.98. The number of nitrogens with one attached hydrogen (secondary N) is 1. The number of ether oxygens (including phenoxy) is 1. The molecule has 3 N–H and O–H groups in total. The second-order valence-corrected chi connectivity index (χ2v) is 4.95. The number of hydrogen-bond acceptors (Lipinski definition) is 5. The lowest BCUT2D eigenvalue weighted by atomic mass is 10.0. The Bertz CT molecular complexity index is 287. The predicted octanol–water partition coefficient (Wildman–Crippen LogP) is 0.942. The van der Waals surface area contributed by atoms with Crippen molar-refractivity contribution in [3.8, 4) is 0 Å². The molecule has 2 atom stereocenters. The SMILES string of the molecule is COC(C1CC1)C(Cc1cncs1)NN. The van der Waals surface area contributed by atoms with Crippen molar-refractivity contribution in [2.75, 3.05) is 7.11 Å². The maximum Gasteiger partial charge on any atom is 0.0794 e. The van der Waals surface area contributed by atoms with E-state index in [1.54, 1.807) is 18.4 Å². The van der Waals surface area contributed by atoms with Gasteiger partial charge in [-0.05, 0) is 18.8 Å². The van der Waals surface area contributed by atoms with Crippen molar-refractivity contribution >= 4 is 11.3 Å². The topological polar surface area (TPSA) is 60.2 Å². The van der Waals surface area contributed by atoms with Crippen LogP contribution in [0.25, 0.3) is 0 Å². The Hall–Kier alpha value is -0.490. The van der Waals surface area contributed by atoms with Crippen molar-refractivity contribution in [1.82, 2.24) is 10.4 Å². The van der Waals surface area contributed by atoms with Crippen molar-refractivity contribution < 1.29 is 4.74 Å². The van der Waals surface area contributed by atoms with Crippen molar-refractivity contribution in [2.24, 2.45) is 11.8 Å². The van der Waals surface area contributed by atoms with Gasteiger partial charge in [-0.2, -0.15) is 0 Å². The molecule has 1 aromatic rings. The van der Waals surface area contributed by atoms with E-state index in [9.17, 15) is 0 Å². The van der Waals surface area contributed by atoms with E-state index in [0.29, 0.717) is 5.92 Å². The fraction of sp³-hybridized carbons (Fsp3) is 0.700. The van der Waals surface area contributed by atoms with Crippen LogP contribution in [0.4, 0.5) is 0 Å². The molecule has 1 saturated carbocycles. The Morgan fingerprint density at radius 1 is 1.73 bits per heavy atom. The lowest BCUT2D eigenvalue weighted by Gasteiger charge is -2.24. The number of nitrogens with two attached hydrogens (primary N) is 1. The largest absolute Gasteiger partial charge is 0.379 e. The molecule has 15 heavy (non-hydrogen) atoms. The van der Waals surface area contributed by atoms with Gasteiger partial charge in [0.05, 0.1) is 17.7 Å². The summed E-state index contributed by atoms with van der Waals surface area (Å²) in [4.78, 5) is 5.31. The minimum absolute atomic E-state index is 0.197. The summed E-state index contributed by atoms with van der Waals surface area (Å²) in [7, 11) is 1.76. The zero-order chi connectivity index (χ0) is 10.7. The van der Waals surface area contributed by atoms with E-state index in [0.717, 1.165) is 6.42 Å². The van der Waals surface area contributed by atoms with Crippen LogP contribution in [0.5, 0.6) is 0 Å². The molecule has 0 bridgehead atoms. The maximum atomic E-state index is 5.59. The Kier molecular flexibility index (Phi) is 3.69. The highest BCUT2D eigenvalue weighted by molar-refractivity contribution is 7.09. The predicted molar refractivity (Wildman–Crippen MR) is 60.5 cm³/mol. The third-order valence-electron chi connectivity index (χ3n) is 2.87. The second kappa shape index (κ2) is 5.03. The number of aromatic nitrogens is 1. The molecule has 1 fully saturated rings. The lowest BCUT2D eigenvalue weighted by Crippen LogP contribution is -2.47. The van der Waals surface area contributed by atoms with Crippen molar-refractivity contribution in [3.05, 3.63) is 16.6 Å². The summed E-state index contributed by atoms with van der Waals surface area (Å²) in [5, 5.41) is 0. The molecule has 1 heterocycles. The normalized spacial score (nSPS) is 20.1. The monoisotopic (exact) mass is 227 g/mol. The summed E-state index contributed by atoms with van der Waals surface area (Å²) in [6.07, 6.45) is 5.56. The molecule has 2 unspecified atom stereocenters. The first kappa shape index (κ1) is 11.0. The molecule has 0 amide bonds. The average molecular weight is 227 g/mol. The Morgan fingerprint density at radius 2 is 2.53 bits per heavy atom. The Morgan fingerprint density at radius 3 is 3.00 bits per heavy atom. The number of rotatable bonds is 6. The summed E-state index contributed by atoms with van der Waals surface area (Å²) >= 11 is 1.66. The quantitative estimate of drug-likeness (QED) is 0.561. The first-order chi connectivity index (χ1) is 7.35. The molecule has 5 heteroatoms. The molecule has 0 radical (unpaired) electrons. The minimum atomic E-state index is 0.197. The molecule has 0 spiro atoms. The van der Waals surface area contributed by atoms with Crippen LogP contribution < -0.4 is 11.3 Å². The van der Waals surface area contributed by atoms with E-state index in [1.165, 1.54) is 17.7 Å². The van der Waals surface area contributed by atoms with Gasteiger partial charge < -0.3 is 4.74 Å². The Balaban J connectivity index is 1.96. The van der Waals surface area contributed by atoms with Gasteiger partial charge in [-0.15, -0.1) is 11.3 Å². The van der Waals surface area contributed by atoms with Crippen LogP contribution >= 0.6 is 11.3 Å². The Labute approximate surface area is 93.8 Å². The summed E-state index contributed by atoms with van der Waals surface area (Å²) in [5.74, 6) is 6.27. The summed E-state index contributed by atoms with van der Waals surface area (Å²) in [5.41, 5.74) is 4.72. The van der Waals surface area contributed by atoms with Gasteiger partial charge in [-0.3, -0.25) is 16.3 Å². The highest BCUT2D eigenvalue weighted by Gasteiger charge is 2.36. The molecule has 4 nitrogen and oxygen atoms in total. The summed E-state index contributed by atoms with van der Waals surface area (Å²) in [6, 6.07) is 0.197. The first-order valence-electron chi connectivity index (χ1n) is 5.21. The van der Waals surface area contributed by atoms with Gasteiger partial charge in [-0.25, -0.2) is 0 Å². The van der Waals surface area contributed by atoms with Gasteiger partial charge in [0.15, 0.2) is 0 Å². The zero-order valence-corrected chi connectivity index (χ0v) is 9.67. The van der Waals surface area contributed by atoms with Crippen LogP contribution in [0.1, 0.15) is 17.7 Å². The van der Waals surface area contributed by atoms with Gasteiger partial charge >= 0.3 is 0 Å². The van der Waals surface area contributed by atoms with Crippen molar-refractivity contribution in [3.63, 3.8) is 0 Å². The summed E-state index contributed by atoms with van der Waals surface area (Å²) < 4.78 is 5.52. The van der Waals surface area contributed by atoms with Gasteiger partial charge in [0.1, 0.15) is 0 Å². The first-order valence-corrected chi connectivity index (χ1v) is 6.09. The third-order valence-corrected chi connectivity index (χ3v) is 3.68. The van der Waals surface area contributed by atoms with Crippen LogP contribution in [0, 0.1) is 5.92 Å². The number of hydrogen-bond donors (Lipinski definition) is 2. The molecule has 0 aromatic carbocycles. The fourth-order valence-electron chi connectivity index (χ4n) is 1.94. The van der Waals surface area contributed by atoms with Crippen molar-refractivity contribution in [1.29, 1.82) is 0 Å². The lowest BCUT2D eigenvalue weighted by molar-refractivity contribution is 0.0513. The molecule has 84 valence electrons. The molecule has 1 aliphatic carbocycles. The smallest absolute Gasteiger partial charge is 0.0794 e. The van der Waals surface area contributed by atoms with E-state index in [1.807, 2.05) is 11.7 Å². The van der Waals surface area contributed by atoms with Gasteiger partial charge in [-0.1, -0.05) is 0 Å². The number of nitrogens with zero attached hydrogens (tertiary/aromatic N) is 1. The van der Waals surface area contributed by atoms with Crippen LogP contribution in [0.3, 0.4) is 0 Å². The number of thiazole rings is 1. The minimum Gasteiger partial charge on any atom is -0.379 e. The fourth-order valence-corrected chi connectivity index (χ4v) is 2.59.